The highest BCUT2D eigenvalue weighted by Crippen LogP contribution is 2.43. The van der Waals surface area contributed by atoms with Gasteiger partial charge in [0.2, 0.25) is 5.91 Å². The van der Waals surface area contributed by atoms with E-state index in [2.05, 4.69) is 96.7 Å². The van der Waals surface area contributed by atoms with Gasteiger partial charge in [0.15, 0.2) is 0 Å². The molecule has 2 aliphatic heterocycles. The van der Waals surface area contributed by atoms with Crippen molar-refractivity contribution in [1.82, 2.24) is 10.2 Å². The number of benzene rings is 2. The number of hydrogen-bond donors (Lipinski definition) is 1. The van der Waals surface area contributed by atoms with Gasteiger partial charge in [-0.25, -0.2) is 5.01 Å². The summed E-state index contributed by atoms with van der Waals surface area (Å²) in [5.74, 6) is -0.0335. The van der Waals surface area contributed by atoms with Gasteiger partial charge in [0.25, 0.3) is 0 Å². The van der Waals surface area contributed by atoms with E-state index in [-0.39, 0.29) is 17.9 Å². The fourth-order valence-electron chi connectivity index (χ4n) is 5.54. The predicted molar refractivity (Wildman–Crippen MR) is 157 cm³/mol. The second-order valence-electron chi connectivity index (χ2n) is 10.7. The third kappa shape index (κ3) is 5.92. The van der Waals surface area contributed by atoms with Crippen molar-refractivity contribution < 1.29 is 9.53 Å². The van der Waals surface area contributed by atoms with Gasteiger partial charge in [-0.3, -0.25) is 4.79 Å². The Morgan fingerprint density at radius 3 is 2.62 bits per heavy atom. The van der Waals surface area contributed by atoms with E-state index in [9.17, 15) is 4.79 Å². The molecular weight excluding hydrogens is 479 g/mol. The molecule has 0 aromatic heterocycles. The van der Waals surface area contributed by atoms with E-state index in [1.54, 1.807) is 0 Å². The summed E-state index contributed by atoms with van der Waals surface area (Å²) >= 11 is 0. The molecule has 200 valence electrons. The molecule has 2 aromatic rings. The Hall–Kier alpha value is -2.27. The Bertz CT molecular complexity index is 1120. The Balaban J connectivity index is 1.74. The third-order valence-corrected chi connectivity index (χ3v) is 8.28. The SMILES string of the molecule is CCCCC1C(c2ccc(P)cc2)=NN(c2ccc(CC)cc2C)C1(C)C(=O)NCC1CN(C)CCO1. The molecule has 4 atom stereocenters. The summed E-state index contributed by atoms with van der Waals surface area (Å²) in [4.78, 5) is 16.5. The minimum Gasteiger partial charge on any atom is -0.374 e. The number of hydrogen-bond acceptors (Lipinski definition) is 5. The number of ether oxygens (including phenoxy) is 1. The van der Waals surface area contributed by atoms with Crippen LogP contribution in [-0.2, 0) is 16.0 Å². The number of hydrazone groups is 1. The number of carbonyl (C=O) groups is 1. The van der Waals surface area contributed by atoms with Gasteiger partial charge in [0, 0.05) is 25.6 Å². The fourth-order valence-corrected chi connectivity index (χ4v) is 5.74. The molecule has 0 bridgehead atoms. The number of morpholine rings is 1. The largest absolute Gasteiger partial charge is 0.374 e. The van der Waals surface area contributed by atoms with Crippen LogP contribution < -0.4 is 15.6 Å². The van der Waals surface area contributed by atoms with Gasteiger partial charge in [-0.15, -0.1) is 9.24 Å². The molecule has 2 heterocycles. The molecule has 0 radical (unpaired) electrons. The second kappa shape index (κ2) is 12.1. The number of amides is 1. The predicted octanol–water partition coefficient (Wildman–Crippen LogP) is 4.29. The van der Waals surface area contributed by atoms with Crippen LogP contribution in [0, 0.1) is 12.8 Å². The zero-order chi connectivity index (χ0) is 26.6. The summed E-state index contributed by atoms with van der Waals surface area (Å²) in [7, 11) is 4.85. The number of aryl methyl sites for hydroxylation is 2. The normalized spacial score (nSPS) is 24.3. The lowest BCUT2D eigenvalue weighted by Gasteiger charge is -2.39. The summed E-state index contributed by atoms with van der Waals surface area (Å²) in [6, 6.07) is 15.0. The van der Waals surface area contributed by atoms with Gasteiger partial charge in [0.05, 0.1) is 24.1 Å². The lowest BCUT2D eigenvalue weighted by Crippen LogP contribution is -2.59. The minimum atomic E-state index is -0.858. The van der Waals surface area contributed by atoms with Crippen LogP contribution >= 0.6 is 9.24 Å². The summed E-state index contributed by atoms with van der Waals surface area (Å²) in [5.41, 5.74) is 4.62. The molecule has 1 N–H and O–H groups in total. The molecule has 0 aliphatic carbocycles. The van der Waals surface area contributed by atoms with Crippen LogP contribution in [0.5, 0.6) is 0 Å². The molecule has 4 unspecified atom stereocenters. The molecule has 2 aliphatic rings. The van der Waals surface area contributed by atoms with Crippen molar-refractivity contribution in [3.63, 3.8) is 0 Å². The van der Waals surface area contributed by atoms with Gasteiger partial charge >= 0.3 is 0 Å². The second-order valence-corrected chi connectivity index (χ2v) is 11.4. The van der Waals surface area contributed by atoms with Gasteiger partial charge < -0.3 is 15.0 Å². The van der Waals surface area contributed by atoms with Crippen LogP contribution in [0.2, 0.25) is 0 Å². The highest BCUT2D eigenvalue weighted by molar-refractivity contribution is 7.27. The molecule has 0 spiro atoms. The summed E-state index contributed by atoms with van der Waals surface area (Å²) < 4.78 is 5.94. The number of carbonyl (C=O) groups excluding carboxylic acids is 1. The van der Waals surface area contributed by atoms with Crippen molar-refractivity contribution in [3.05, 3.63) is 59.2 Å². The van der Waals surface area contributed by atoms with E-state index in [0.29, 0.717) is 13.2 Å². The topological polar surface area (TPSA) is 57.2 Å². The Morgan fingerprint density at radius 2 is 1.97 bits per heavy atom. The zero-order valence-corrected chi connectivity index (χ0v) is 24.2. The zero-order valence-electron chi connectivity index (χ0n) is 23.1. The Morgan fingerprint density at radius 1 is 1.22 bits per heavy atom. The number of anilines is 1. The van der Waals surface area contributed by atoms with Gasteiger partial charge in [-0.05, 0) is 61.8 Å². The quantitative estimate of drug-likeness (QED) is 0.499. The van der Waals surface area contributed by atoms with Crippen LogP contribution in [0.3, 0.4) is 0 Å². The van der Waals surface area contributed by atoms with E-state index in [1.807, 2.05) is 5.01 Å². The molecule has 0 saturated carbocycles. The van der Waals surface area contributed by atoms with Crippen molar-refractivity contribution in [3.8, 4) is 0 Å². The number of rotatable bonds is 9. The highest BCUT2D eigenvalue weighted by Gasteiger charge is 2.53. The molecule has 2 aromatic carbocycles. The first kappa shape index (κ1) is 27.8. The number of nitrogens with zero attached hydrogens (tertiary/aromatic N) is 3. The van der Waals surface area contributed by atoms with Gasteiger partial charge in [-0.1, -0.05) is 63.1 Å². The van der Waals surface area contributed by atoms with Crippen LogP contribution in [-0.4, -0.2) is 61.5 Å². The monoisotopic (exact) mass is 522 g/mol. The van der Waals surface area contributed by atoms with Crippen LogP contribution in [0.4, 0.5) is 5.69 Å². The molecule has 4 rings (SSSR count). The summed E-state index contributed by atoms with van der Waals surface area (Å²) in [5, 5.41) is 11.7. The number of likely N-dealkylation sites (N-methyl/N-ethyl adjacent to an activating group) is 1. The highest BCUT2D eigenvalue weighted by atomic mass is 31.0. The van der Waals surface area contributed by atoms with Crippen molar-refractivity contribution in [1.29, 1.82) is 0 Å². The average Bonchev–Trinajstić information content (AvgIpc) is 3.19. The minimum absolute atomic E-state index is 0.00388. The molecule has 1 fully saturated rings. The Labute approximate surface area is 225 Å². The maximum Gasteiger partial charge on any atom is 0.248 e. The average molecular weight is 523 g/mol. The molecule has 6 nitrogen and oxygen atoms in total. The summed E-state index contributed by atoms with van der Waals surface area (Å²) in [6.07, 6.45) is 3.97. The number of unbranched alkanes of at least 4 members (excludes halogenated alkanes) is 1. The first-order chi connectivity index (χ1) is 17.8. The van der Waals surface area contributed by atoms with E-state index < -0.39 is 5.54 Å². The lowest BCUT2D eigenvalue weighted by atomic mass is 9.76. The first-order valence-corrected chi connectivity index (χ1v) is 14.3. The molecule has 1 saturated heterocycles. The molecule has 7 heteroatoms. The van der Waals surface area contributed by atoms with Gasteiger partial charge in [0.1, 0.15) is 5.54 Å². The standard InChI is InChI=1S/C30H43N4O2P/c1-6-8-9-26-28(23-11-13-25(37)14-12-23)32-34(27-15-10-22(7-2)18-21(27)3)30(26,4)29(35)31-19-24-20-33(5)16-17-36-24/h10-15,18,24,26H,6-9,16-17,19-20,37H2,1-5H3,(H,31,35). The fraction of sp³-hybridized carbons (Fsp3) is 0.533. The van der Waals surface area contributed by atoms with E-state index >= 15 is 0 Å². The summed E-state index contributed by atoms with van der Waals surface area (Å²) in [6.45, 7) is 11.5. The van der Waals surface area contributed by atoms with Crippen LogP contribution in [0.15, 0.2) is 47.6 Å². The van der Waals surface area contributed by atoms with E-state index in [1.165, 1.54) is 5.56 Å². The van der Waals surface area contributed by atoms with E-state index in [0.717, 1.165) is 66.6 Å². The lowest BCUT2D eigenvalue weighted by molar-refractivity contribution is -0.128. The van der Waals surface area contributed by atoms with Crippen molar-refractivity contribution >= 4 is 31.9 Å². The number of nitrogens with one attached hydrogen (secondary N) is 1. The molecule has 37 heavy (non-hydrogen) atoms. The Kier molecular flexibility index (Phi) is 9.05. The maximum atomic E-state index is 14.2. The van der Waals surface area contributed by atoms with E-state index in [4.69, 9.17) is 9.84 Å². The first-order valence-electron chi connectivity index (χ1n) is 13.7. The molecule has 1 amide bonds. The smallest absolute Gasteiger partial charge is 0.248 e. The van der Waals surface area contributed by atoms with Crippen molar-refractivity contribution in [2.75, 3.05) is 38.3 Å². The van der Waals surface area contributed by atoms with Gasteiger partial charge in [-0.2, -0.15) is 5.10 Å². The third-order valence-electron chi connectivity index (χ3n) is 7.90. The van der Waals surface area contributed by atoms with Crippen LogP contribution in [0.1, 0.15) is 56.7 Å². The van der Waals surface area contributed by atoms with Crippen molar-refractivity contribution in [2.24, 2.45) is 11.0 Å². The maximum absolute atomic E-state index is 14.2. The van der Waals surface area contributed by atoms with Crippen molar-refractivity contribution in [2.45, 2.75) is 65.0 Å². The molecular formula is C30H43N4O2P. The van der Waals surface area contributed by atoms with Crippen LogP contribution in [0.25, 0.3) is 0 Å².